The largest absolute Gasteiger partial charge is 0.461 e. The Bertz CT molecular complexity index is 493. The van der Waals surface area contributed by atoms with Crippen LogP contribution < -0.4 is 4.90 Å². The maximum Gasteiger partial charge on any atom is 0.359 e. The van der Waals surface area contributed by atoms with Crippen LogP contribution in [0, 0.1) is 0 Å². The van der Waals surface area contributed by atoms with Crippen molar-refractivity contribution in [2.75, 3.05) is 18.1 Å². The third-order valence-electron chi connectivity index (χ3n) is 2.35. The van der Waals surface area contributed by atoms with Crippen LogP contribution in [0.3, 0.4) is 0 Å². The minimum atomic E-state index is -0.499. The molecular weight excluding hydrogens is 344 g/mol. The number of halogens is 2. The van der Waals surface area contributed by atoms with E-state index in [9.17, 15) is 9.59 Å². The van der Waals surface area contributed by atoms with Crippen molar-refractivity contribution in [2.45, 2.75) is 18.7 Å². The van der Waals surface area contributed by atoms with Gasteiger partial charge in [-0.3, -0.25) is 9.69 Å². The summed E-state index contributed by atoms with van der Waals surface area (Å²) in [5.74, 6) is -0.576. The summed E-state index contributed by atoms with van der Waals surface area (Å²) in [6.07, 6.45) is 0.299. The number of esters is 1. The van der Waals surface area contributed by atoms with Crippen LogP contribution in [0.2, 0.25) is 0 Å². The van der Waals surface area contributed by atoms with E-state index in [0.29, 0.717) is 21.9 Å². The van der Waals surface area contributed by atoms with Gasteiger partial charge < -0.3 is 4.74 Å². The zero-order valence-corrected chi connectivity index (χ0v) is 12.6. The third-order valence-corrected chi connectivity index (χ3v) is 4.37. The van der Waals surface area contributed by atoms with Crippen LogP contribution >= 0.6 is 38.9 Å². The van der Waals surface area contributed by atoms with Crippen molar-refractivity contribution < 1.29 is 14.3 Å². The Morgan fingerprint density at radius 1 is 1.72 bits per heavy atom. The second-order valence-corrected chi connectivity index (χ2v) is 6.56. The normalized spacial score (nSPS) is 19.4. The first-order chi connectivity index (χ1) is 8.52. The van der Waals surface area contributed by atoms with Crippen molar-refractivity contribution in [3.8, 4) is 0 Å². The molecule has 8 heteroatoms. The Morgan fingerprint density at radius 3 is 3.00 bits per heavy atom. The molecule has 1 aromatic heterocycles. The molecule has 5 nitrogen and oxygen atoms in total. The molecule has 2 rings (SSSR count). The lowest BCUT2D eigenvalue weighted by molar-refractivity contribution is -0.117. The van der Waals surface area contributed by atoms with Crippen molar-refractivity contribution in [1.29, 1.82) is 0 Å². The SMILES string of the molecule is CCOC(=O)c1nc(N2CC(Cl)CC2=O)sc1Br. The fourth-order valence-electron chi connectivity index (χ4n) is 1.58. The molecule has 98 valence electrons. The van der Waals surface area contributed by atoms with Gasteiger partial charge in [0.1, 0.15) is 3.79 Å². The van der Waals surface area contributed by atoms with Gasteiger partial charge in [0, 0.05) is 13.0 Å². The lowest BCUT2D eigenvalue weighted by Crippen LogP contribution is -2.24. The highest BCUT2D eigenvalue weighted by Gasteiger charge is 2.32. The number of hydrogen-bond donors (Lipinski definition) is 0. The number of alkyl halides is 1. The molecule has 1 aliphatic heterocycles. The highest BCUT2D eigenvalue weighted by Crippen LogP contribution is 2.34. The number of carbonyl (C=O) groups excluding carboxylic acids is 2. The number of aromatic nitrogens is 1. The predicted molar refractivity (Wildman–Crippen MR) is 72.4 cm³/mol. The van der Waals surface area contributed by atoms with Crippen molar-refractivity contribution in [3.63, 3.8) is 0 Å². The highest BCUT2D eigenvalue weighted by atomic mass is 79.9. The molecule has 1 amide bonds. The van der Waals surface area contributed by atoms with E-state index in [0.717, 1.165) is 0 Å². The number of nitrogens with zero attached hydrogens (tertiary/aromatic N) is 2. The molecule has 1 aliphatic rings. The summed E-state index contributed by atoms with van der Waals surface area (Å²) >= 11 is 10.4. The average molecular weight is 354 g/mol. The summed E-state index contributed by atoms with van der Waals surface area (Å²) < 4.78 is 5.44. The fraction of sp³-hybridized carbons (Fsp3) is 0.500. The second kappa shape index (κ2) is 5.54. The third kappa shape index (κ3) is 2.67. The highest BCUT2D eigenvalue weighted by molar-refractivity contribution is 9.11. The standard InChI is InChI=1S/C10H10BrClN2O3S/c1-2-17-9(16)7-8(11)18-10(13-7)14-4-5(12)3-6(14)15/h5H,2-4H2,1H3. The molecule has 1 saturated heterocycles. The van der Waals surface area contributed by atoms with E-state index in [-0.39, 0.29) is 23.6 Å². The van der Waals surface area contributed by atoms with Gasteiger partial charge in [-0.1, -0.05) is 11.3 Å². The van der Waals surface area contributed by atoms with E-state index >= 15 is 0 Å². The number of hydrogen-bond acceptors (Lipinski definition) is 5. The molecule has 1 fully saturated rings. The topological polar surface area (TPSA) is 59.5 Å². The molecule has 2 heterocycles. The van der Waals surface area contributed by atoms with Crippen LogP contribution in [0.15, 0.2) is 3.79 Å². The smallest absolute Gasteiger partial charge is 0.359 e. The molecule has 0 saturated carbocycles. The number of carbonyl (C=O) groups is 2. The minimum Gasteiger partial charge on any atom is -0.461 e. The molecule has 0 N–H and O–H groups in total. The quantitative estimate of drug-likeness (QED) is 0.618. The van der Waals surface area contributed by atoms with E-state index in [1.54, 1.807) is 6.92 Å². The van der Waals surface area contributed by atoms with Gasteiger partial charge in [-0.25, -0.2) is 9.78 Å². The van der Waals surface area contributed by atoms with Crippen LogP contribution in [0.4, 0.5) is 5.13 Å². The first kappa shape index (κ1) is 13.8. The number of rotatable bonds is 3. The van der Waals surface area contributed by atoms with E-state index in [1.807, 2.05) is 0 Å². The van der Waals surface area contributed by atoms with E-state index in [4.69, 9.17) is 16.3 Å². The number of anilines is 1. The molecule has 18 heavy (non-hydrogen) atoms. The zero-order valence-electron chi connectivity index (χ0n) is 9.48. The maximum absolute atomic E-state index is 11.7. The summed E-state index contributed by atoms with van der Waals surface area (Å²) in [6, 6.07) is 0. The van der Waals surface area contributed by atoms with Gasteiger partial charge in [0.2, 0.25) is 5.91 Å². The first-order valence-electron chi connectivity index (χ1n) is 5.30. The molecule has 0 spiro atoms. The Labute approximate surface area is 121 Å². The van der Waals surface area contributed by atoms with Crippen molar-refractivity contribution in [3.05, 3.63) is 9.48 Å². The van der Waals surface area contributed by atoms with Crippen LogP contribution in [-0.4, -0.2) is 35.4 Å². The van der Waals surface area contributed by atoms with Crippen molar-refractivity contribution >= 4 is 55.9 Å². The van der Waals surface area contributed by atoms with Gasteiger partial charge in [-0.15, -0.1) is 11.6 Å². The molecule has 0 bridgehead atoms. The van der Waals surface area contributed by atoms with Crippen molar-refractivity contribution in [1.82, 2.24) is 4.98 Å². The molecule has 0 aliphatic carbocycles. The van der Waals surface area contributed by atoms with Crippen LogP contribution in [0.5, 0.6) is 0 Å². The van der Waals surface area contributed by atoms with Crippen LogP contribution in [0.25, 0.3) is 0 Å². The maximum atomic E-state index is 11.7. The monoisotopic (exact) mass is 352 g/mol. The number of ether oxygens (including phenoxy) is 1. The zero-order chi connectivity index (χ0) is 13.3. The molecule has 0 aromatic carbocycles. The Kier molecular flexibility index (Phi) is 4.24. The molecule has 1 atom stereocenters. The summed E-state index contributed by atoms with van der Waals surface area (Å²) in [5, 5.41) is 0.268. The van der Waals surface area contributed by atoms with Crippen molar-refractivity contribution in [2.24, 2.45) is 0 Å². The number of thiazole rings is 1. The summed E-state index contributed by atoms with van der Waals surface area (Å²) in [7, 11) is 0. The Morgan fingerprint density at radius 2 is 2.44 bits per heavy atom. The van der Waals surface area contributed by atoms with Gasteiger partial charge >= 0.3 is 5.97 Å². The summed E-state index contributed by atoms with van der Waals surface area (Å²) in [5.41, 5.74) is 0.197. The second-order valence-electron chi connectivity index (χ2n) is 3.64. The van der Waals surface area contributed by atoms with Gasteiger partial charge in [0.05, 0.1) is 12.0 Å². The van der Waals surface area contributed by atoms with Crippen LogP contribution in [-0.2, 0) is 9.53 Å². The first-order valence-corrected chi connectivity index (χ1v) is 7.35. The number of amides is 1. The van der Waals surface area contributed by atoms with E-state index < -0.39 is 5.97 Å². The molecular formula is C10H10BrClN2O3S. The lowest BCUT2D eigenvalue weighted by atomic mass is 10.4. The van der Waals surface area contributed by atoms with Crippen LogP contribution in [0.1, 0.15) is 23.8 Å². The van der Waals surface area contributed by atoms with Gasteiger partial charge in [0.15, 0.2) is 10.8 Å². The van der Waals surface area contributed by atoms with E-state index in [2.05, 4.69) is 20.9 Å². The summed E-state index contributed by atoms with van der Waals surface area (Å²) in [6.45, 7) is 2.42. The fourth-order valence-corrected chi connectivity index (χ4v) is 3.34. The van der Waals surface area contributed by atoms with Gasteiger partial charge in [0.25, 0.3) is 0 Å². The molecule has 0 radical (unpaired) electrons. The Balaban J connectivity index is 2.23. The lowest BCUT2D eigenvalue weighted by Gasteiger charge is -2.10. The van der Waals surface area contributed by atoms with E-state index in [1.165, 1.54) is 16.2 Å². The molecule has 1 aromatic rings. The molecule has 1 unspecified atom stereocenters. The predicted octanol–water partition coefficient (Wildman–Crippen LogP) is 2.43. The summed E-state index contributed by atoms with van der Waals surface area (Å²) in [4.78, 5) is 28.9. The average Bonchev–Trinajstić information content (AvgIpc) is 2.82. The van der Waals surface area contributed by atoms with Gasteiger partial charge in [-0.2, -0.15) is 0 Å². The minimum absolute atomic E-state index is 0.0772. The Hall–Kier alpha value is -0.660. The van der Waals surface area contributed by atoms with Gasteiger partial charge in [-0.05, 0) is 22.9 Å².